The summed E-state index contributed by atoms with van der Waals surface area (Å²) < 4.78 is 0. The molecule has 1 saturated carbocycles. The Morgan fingerprint density at radius 2 is 2.25 bits per heavy atom. The van der Waals surface area contributed by atoms with Crippen LogP contribution in [0.2, 0.25) is 5.02 Å². The first-order chi connectivity index (χ1) is 7.65. The van der Waals surface area contributed by atoms with Crippen LogP contribution in [0.3, 0.4) is 0 Å². The van der Waals surface area contributed by atoms with Crippen molar-refractivity contribution in [1.29, 1.82) is 0 Å². The molecule has 1 aromatic rings. The Labute approximate surface area is 98.6 Å². The lowest BCUT2D eigenvalue weighted by Crippen LogP contribution is -2.17. The van der Waals surface area contributed by atoms with Crippen molar-refractivity contribution in [1.82, 2.24) is 5.32 Å². The highest BCUT2D eigenvalue weighted by molar-refractivity contribution is 6.30. The van der Waals surface area contributed by atoms with E-state index in [1.54, 1.807) is 18.2 Å². The summed E-state index contributed by atoms with van der Waals surface area (Å²) in [4.78, 5) is 10.6. The Hall–Kier alpha value is -1.26. The average Bonchev–Trinajstić information content (AvgIpc) is 3.01. The number of benzene rings is 1. The van der Waals surface area contributed by atoms with Crippen LogP contribution in [0, 0.1) is 0 Å². The third kappa shape index (κ3) is 3.12. The van der Waals surface area contributed by atoms with Gasteiger partial charge in [-0.05, 0) is 36.6 Å². The van der Waals surface area contributed by atoms with Gasteiger partial charge in [-0.1, -0.05) is 11.6 Å². The number of hydrogen-bond acceptors (Lipinski definition) is 2. The van der Waals surface area contributed by atoms with E-state index in [0.29, 0.717) is 23.3 Å². The number of halogens is 1. The van der Waals surface area contributed by atoms with Gasteiger partial charge in [-0.15, -0.1) is 0 Å². The maximum atomic E-state index is 10.6. The number of nitrogens with one attached hydrogen (secondary N) is 2. The van der Waals surface area contributed by atoms with E-state index in [4.69, 9.17) is 16.7 Å². The Kier molecular flexibility index (Phi) is 3.31. The van der Waals surface area contributed by atoms with E-state index in [1.165, 1.54) is 12.8 Å². The van der Waals surface area contributed by atoms with Crippen molar-refractivity contribution >= 4 is 23.4 Å². The van der Waals surface area contributed by atoms with Gasteiger partial charge in [0.15, 0.2) is 0 Å². The van der Waals surface area contributed by atoms with E-state index in [0.717, 1.165) is 5.56 Å². The summed E-state index contributed by atoms with van der Waals surface area (Å²) in [6.45, 7) is 0.640. The molecule has 0 aromatic heterocycles. The summed E-state index contributed by atoms with van der Waals surface area (Å²) in [6, 6.07) is 5.72. The highest BCUT2D eigenvalue weighted by atomic mass is 35.5. The van der Waals surface area contributed by atoms with Crippen LogP contribution in [0.1, 0.15) is 18.4 Å². The predicted molar refractivity (Wildman–Crippen MR) is 63.0 cm³/mol. The van der Waals surface area contributed by atoms with Crippen molar-refractivity contribution < 1.29 is 9.90 Å². The van der Waals surface area contributed by atoms with Gasteiger partial charge in [0.05, 0.1) is 0 Å². The number of amides is 1. The van der Waals surface area contributed by atoms with Gasteiger partial charge in [0.1, 0.15) is 0 Å². The quantitative estimate of drug-likeness (QED) is 0.758. The number of carbonyl (C=O) groups is 1. The molecule has 1 fully saturated rings. The summed E-state index contributed by atoms with van der Waals surface area (Å²) >= 11 is 5.88. The molecule has 0 atom stereocenters. The molecule has 0 aliphatic heterocycles. The molecule has 16 heavy (non-hydrogen) atoms. The molecule has 0 radical (unpaired) electrons. The normalized spacial score (nSPS) is 14.8. The zero-order chi connectivity index (χ0) is 11.5. The minimum atomic E-state index is -1.06. The van der Waals surface area contributed by atoms with Crippen molar-refractivity contribution in [2.45, 2.75) is 25.4 Å². The van der Waals surface area contributed by atoms with Crippen LogP contribution in [-0.2, 0) is 6.54 Å². The highest BCUT2D eigenvalue weighted by Gasteiger charge is 2.20. The molecule has 0 unspecified atom stereocenters. The second kappa shape index (κ2) is 4.72. The lowest BCUT2D eigenvalue weighted by Gasteiger charge is -2.10. The van der Waals surface area contributed by atoms with Gasteiger partial charge in [0.25, 0.3) is 0 Å². The molecule has 86 valence electrons. The first kappa shape index (κ1) is 11.2. The van der Waals surface area contributed by atoms with Crippen LogP contribution in [0.4, 0.5) is 10.5 Å². The molecule has 0 spiro atoms. The third-order valence-electron chi connectivity index (χ3n) is 2.47. The van der Waals surface area contributed by atoms with Crippen molar-refractivity contribution in [3.8, 4) is 0 Å². The molecule has 5 heteroatoms. The lowest BCUT2D eigenvalue weighted by molar-refractivity contribution is 0.209. The minimum absolute atomic E-state index is 0.580. The van der Waals surface area contributed by atoms with E-state index in [9.17, 15) is 4.79 Å². The van der Waals surface area contributed by atoms with Crippen LogP contribution in [-0.4, -0.2) is 17.2 Å². The lowest BCUT2D eigenvalue weighted by atomic mass is 10.1. The Morgan fingerprint density at radius 3 is 2.88 bits per heavy atom. The molecule has 1 amide bonds. The van der Waals surface area contributed by atoms with Gasteiger partial charge in [-0.2, -0.15) is 0 Å². The summed E-state index contributed by atoms with van der Waals surface area (Å²) in [5.41, 5.74) is 1.46. The Morgan fingerprint density at radius 1 is 1.50 bits per heavy atom. The average molecular weight is 241 g/mol. The first-order valence-electron chi connectivity index (χ1n) is 5.17. The standard InChI is InChI=1S/C11H13ClN2O2/c12-8-1-4-10(14-11(15)16)7(5-8)6-13-9-2-3-9/h1,4-5,9,13-14H,2-3,6H2,(H,15,16). The fourth-order valence-electron chi connectivity index (χ4n) is 1.49. The molecule has 1 aliphatic rings. The highest BCUT2D eigenvalue weighted by Crippen LogP contribution is 2.23. The molecule has 1 aromatic carbocycles. The third-order valence-corrected chi connectivity index (χ3v) is 2.70. The van der Waals surface area contributed by atoms with Gasteiger partial charge in [0.2, 0.25) is 0 Å². The molecule has 3 N–H and O–H groups in total. The molecular formula is C11H13ClN2O2. The first-order valence-corrected chi connectivity index (χ1v) is 5.54. The van der Waals surface area contributed by atoms with Crippen LogP contribution in [0.5, 0.6) is 0 Å². The van der Waals surface area contributed by atoms with Gasteiger partial charge >= 0.3 is 6.09 Å². The van der Waals surface area contributed by atoms with E-state index >= 15 is 0 Å². The van der Waals surface area contributed by atoms with Crippen molar-refractivity contribution in [2.75, 3.05) is 5.32 Å². The summed E-state index contributed by atoms with van der Waals surface area (Å²) in [5, 5.41) is 15.0. The fourth-order valence-corrected chi connectivity index (χ4v) is 1.68. The second-order valence-electron chi connectivity index (χ2n) is 3.89. The SMILES string of the molecule is O=C(O)Nc1ccc(Cl)cc1CNC1CC1. The van der Waals surface area contributed by atoms with Crippen molar-refractivity contribution in [3.63, 3.8) is 0 Å². The minimum Gasteiger partial charge on any atom is -0.465 e. The molecule has 0 saturated heterocycles. The van der Waals surface area contributed by atoms with Crippen molar-refractivity contribution in [2.24, 2.45) is 0 Å². The summed E-state index contributed by atoms with van der Waals surface area (Å²) in [5.74, 6) is 0. The molecule has 2 rings (SSSR count). The van der Waals surface area contributed by atoms with Gasteiger partial charge in [-0.3, -0.25) is 5.32 Å². The van der Waals surface area contributed by atoms with E-state index < -0.39 is 6.09 Å². The fraction of sp³-hybridized carbons (Fsp3) is 0.364. The van der Waals surface area contributed by atoms with E-state index in [-0.39, 0.29) is 0 Å². The number of carboxylic acid groups (broad SMARTS) is 1. The smallest absolute Gasteiger partial charge is 0.409 e. The van der Waals surface area contributed by atoms with Gasteiger partial charge in [0, 0.05) is 23.3 Å². The Bertz CT molecular complexity index is 405. The largest absolute Gasteiger partial charge is 0.465 e. The summed E-state index contributed by atoms with van der Waals surface area (Å²) in [6.07, 6.45) is 1.33. The maximum Gasteiger partial charge on any atom is 0.409 e. The molecule has 0 heterocycles. The van der Waals surface area contributed by atoms with Crippen LogP contribution in [0.25, 0.3) is 0 Å². The summed E-state index contributed by atoms with van der Waals surface area (Å²) in [7, 11) is 0. The molecule has 0 bridgehead atoms. The van der Waals surface area contributed by atoms with Crippen molar-refractivity contribution in [3.05, 3.63) is 28.8 Å². The predicted octanol–water partition coefficient (Wildman–Crippen LogP) is 2.68. The van der Waals surface area contributed by atoms with E-state index in [1.807, 2.05) is 0 Å². The van der Waals surface area contributed by atoms with Crippen LogP contribution >= 0.6 is 11.6 Å². The van der Waals surface area contributed by atoms with Crippen LogP contribution < -0.4 is 10.6 Å². The number of rotatable bonds is 4. The van der Waals surface area contributed by atoms with E-state index in [2.05, 4.69) is 10.6 Å². The maximum absolute atomic E-state index is 10.6. The second-order valence-corrected chi connectivity index (χ2v) is 4.32. The zero-order valence-corrected chi connectivity index (χ0v) is 9.42. The molecule has 1 aliphatic carbocycles. The van der Waals surface area contributed by atoms with Crippen LogP contribution in [0.15, 0.2) is 18.2 Å². The molecule has 4 nitrogen and oxygen atoms in total. The van der Waals surface area contributed by atoms with Gasteiger partial charge in [-0.25, -0.2) is 4.79 Å². The topological polar surface area (TPSA) is 61.4 Å². The molecular weight excluding hydrogens is 228 g/mol. The zero-order valence-electron chi connectivity index (χ0n) is 8.66. The van der Waals surface area contributed by atoms with Gasteiger partial charge < -0.3 is 10.4 Å². The number of anilines is 1. The monoisotopic (exact) mass is 240 g/mol. The Balaban J connectivity index is 2.10. The number of hydrogen-bond donors (Lipinski definition) is 3.